The van der Waals surface area contributed by atoms with Gasteiger partial charge in [0.1, 0.15) is 0 Å². The molecule has 5 nitrogen and oxygen atoms in total. The van der Waals surface area contributed by atoms with Gasteiger partial charge in [-0.2, -0.15) is 0 Å². The molecule has 0 amide bonds. The number of hydrogen-bond acceptors (Lipinski definition) is 5. The van der Waals surface area contributed by atoms with Crippen molar-refractivity contribution in [2.75, 3.05) is 9.80 Å². The van der Waals surface area contributed by atoms with Crippen molar-refractivity contribution in [3.05, 3.63) is 253 Å². The smallest absolute Gasteiger partial charge is 0.252 e. The molecule has 2 aliphatic rings. The van der Waals surface area contributed by atoms with Crippen LogP contribution in [0, 0.1) is 0 Å². The van der Waals surface area contributed by atoms with Crippen LogP contribution in [-0.4, -0.2) is 21.7 Å². The van der Waals surface area contributed by atoms with Crippen LogP contribution in [0.2, 0.25) is 0 Å². The maximum atomic E-state index is 5.75. The Morgan fingerprint density at radius 2 is 0.552 bits per heavy atom. The largest absolute Gasteiger partial charge is 0.311 e. The van der Waals surface area contributed by atoms with Gasteiger partial charge in [0, 0.05) is 50.8 Å². The van der Waals surface area contributed by atoms with E-state index in [-0.39, 0.29) is 28.4 Å². The van der Waals surface area contributed by atoms with E-state index < -0.39 is 0 Å². The second-order valence-electron chi connectivity index (χ2n) is 28.3. The Morgan fingerprint density at radius 1 is 0.264 bits per heavy atom. The Bertz CT molecular complexity index is 4300. The SMILES string of the molecule is CC(C)(C)c1cc(-c2nc(-c3cc(C(C)(C)C)cc(C(C)(C)C)c3)nc(-c3cc4c5c(c3)N(c3ccc(-c6ccccc6)cc3)c3cc6ccccc6cc3B5c3cc5ccccc5cc3N4c3ccc(-c4ccccc4)cc3)n2)cc(C(C)(C)C)c1. The molecule has 14 rings (SSSR count). The summed E-state index contributed by atoms with van der Waals surface area (Å²) in [5.74, 6) is 1.89. The van der Waals surface area contributed by atoms with Gasteiger partial charge in [0.25, 0.3) is 6.71 Å². The molecule has 87 heavy (non-hydrogen) atoms. The Labute approximate surface area is 514 Å². The average molecular weight is 1130 g/mol. The van der Waals surface area contributed by atoms with E-state index in [1.165, 1.54) is 71.3 Å². The molecule has 0 aliphatic carbocycles. The summed E-state index contributed by atoms with van der Waals surface area (Å²) in [4.78, 5) is 22.1. The van der Waals surface area contributed by atoms with E-state index >= 15 is 0 Å². The molecule has 6 heteroatoms. The predicted molar refractivity (Wildman–Crippen MR) is 371 cm³/mol. The summed E-state index contributed by atoms with van der Waals surface area (Å²) in [6.45, 7) is 27.4. The number of aromatic nitrogens is 3. The highest BCUT2D eigenvalue weighted by molar-refractivity contribution is 7.00. The van der Waals surface area contributed by atoms with Gasteiger partial charge in [-0.15, -0.1) is 0 Å². The molecular weight excluding hydrogens is 1050 g/mol. The molecule has 0 saturated carbocycles. The molecule has 0 atom stereocenters. The Kier molecular flexibility index (Phi) is 13.2. The van der Waals surface area contributed by atoms with Gasteiger partial charge < -0.3 is 9.80 Å². The highest BCUT2D eigenvalue weighted by Gasteiger charge is 2.44. The molecule has 0 N–H and O–H groups in total. The third-order valence-corrected chi connectivity index (χ3v) is 18.0. The van der Waals surface area contributed by atoms with Gasteiger partial charge in [-0.25, -0.2) is 15.0 Å². The summed E-state index contributed by atoms with van der Waals surface area (Å²) < 4.78 is 0. The molecule has 12 aromatic rings. The quantitative estimate of drug-likeness (QED) is 0.149. The molecule has 0 bridgehead atoms. The fourth-order valence-electron chi connectivity index (χ4n) is 12.9. The fraction of sp³-hybridized carbons (Fsp3) is 0.198. The lowest BCUT2D eigenvalue weighted by molar-refractivity contribution is 0.568. The summed E-state index contributed by atoms with van der Waals surface area (Å²) in [5, 5.41) is 4.78. The second kappa shape index (κ2) is 20.7. The number of hydrogen-bond donors (Lipinski definition) is 0. The molecule has 11 aromatic carbocycles. The zero-order valence-corrected chi connectivity index (χ0v) is 52.3. The summed E-state index contributed by atoms with van der Waals surface area (Å²) in [5.41, 5.74) is 22.2. The van der Waals surface area contributed by atoms with Crippen molar-refractivity contribution in [1.29, 1.82) is 0 Å². The van der Waals surface area contributed by atoms with Gasteiger partial charge in [-0.3, -0.25) is 0 Å². The fourth-order valence-corrected chi connectivity index (χ4v) is 12.9. The number of nitrogens with zero attached hydrogens (tertiary/aromatic N) is 5. The summed E-state index contributed by atoms with van der Waals surface area (Å²) in [6, 6.07) is 85.9. The minimum atomic E-state index is -0.139. The standard InChI is InChI=1S/C81H74BN5/c1-78(2,3)62-39-59(40-63(49-62)79(4,5)6)75-83-76(60-41-64(80(7,8)9)50-65(42-60)81(10,11)12)85-77(84-75)61-47-72-74-73(48-61)87(67-37-33-54(34-38-67)52-25-17-14-18-26-52)71-46-58-30-22-20-28-56(58)44-69(71)82(74)68-43-55-27-19-21-29-57(55)45-70(68)86(72)66-35-31-53(32-36-66)51-23-15-13-16-24-51/h13-50H,1-12H3. The summed E-state index contributed by atoms with van der Waals surface area (Å²) in [7, 11) is 0. The lowest BCUT2D eigenvalue weighted by Gasteiger charge is -2.44. The van der Waals surface area contributed by atoms with Crippen molar-refractivity contribution in [2.45, 2.75) is 105 Å². The first-order valence-corrected chi connectivity index (χ1v) is 30.8. The monoisotopic (exact) mass is 1130 g/mol. The molecule has 0 spiro atoms. The highest BCUT2D eigenvalue weighted by atomic mass is 15.2. The third-order valence-electron chi connectivity index (χ3n) is 18.0. The van der Waals surface area contributed by atoms with E-state index in [1.54, 1.807) is 0 Å². The number of rotatable bonds is 7. The third kappa shape index (κ3) is 10.2. The van der Waals surface area contributed by atoms with Gasteiger partial charge in [-0.05, 0) is 177 Å². The molecule has 1 aromatic heterocycles. The minimum absolute atomic E-state index is 0.135. The minimum Gasteiger partial charge on any atom is -0.311 e. The lowest BCUT2D eigenvalue weighted by Crippen LogP contribution is -2.61. The first-order valence-electron chi connectivity index (χ1n) is 30.8. The zero-order valence-electron chi connectivity index (χ0n) is 52.3. The number of benzene rings is 11. The van der Waals surface area contributed by atoms with Gasteiger partial charge in [0.2, 0.25) is 0 Å². The van der Waals surface area contributed by atoms with Crippen molar-refractivity contribution in [3.63, 3.8) is 0 Å². The van der Waals surface area contributed by atoms with E-state index in [0.29, 0.717) is 17.5 Å². The van der Waals surface area contributed by atoms with Crippen LogP contribution in [-0.2, 0) is 21.7 Å². The topological polar surface area (TPSA) is 45.2 Å². The molecule has 0 fully saturated rings. The maximum Gasteiger partial charge on any atom is 0.252 e. The van der Waals surface area contributed by atoms with Crippen LogP contribution in [0.4, 0.5) is 34.1 Å². The Balaban J connectivity index is 1.10. The van der Waals surface area contributed by atoms with Gasteiger partial charge in [0.05, 0.1) is 0 Å². The van der Waals surface area contributed by atoms with Crippen LogP contribution in [0.15, 0.2) is 231 Å². The van der Waals surface area contributed by atoms with E-state index in [0.717, 1.165) is 61.9 Å². The first-order chi connectivity index (χ1) is 41.6. The molecule has 0 saturated heterocycles. The first kappa shape index (κ1) is 55.5. The van der Waals surface area contributed by atoms with Crippen molar-refractivity contribution in [3.8, 4) is 56.4 Å². The van der Waals surface area contributed by atoms with Gasteiger partial charge in [0.15, 0.2) is 17.5 Å². The molecule has 0 unspecified atom stereocenters. The molecule has 2 aliphatic heterocycles. The Hall–Kier alpha value is -9.39. The van der Waals surface area contributed by atoms with E-state index in [4.69, 9.17) is 15.0 Å². The maximum absolute atomic E-state index is 5.75. The van der Waals surface area contributed by atoms with Crippen LogP contribution in [0.5, 0.6) is 0 Å². The van der Waals surface area contributed by atoms with Gasteiger partial charge in [-0.1, -0.05) is 241 Å². The van der Waals surface area contributed by atoms with E-state index in [2.05, 4.69) is 323 Å². The molecule has 426 valence electrons. The van der Waals surface area contributed by atoms with Crippen LogP contribution < -0.4 is 26.2 Å². The van der Waals surface area contributed by atoms with Crippen LogP contribution in [0.25, 0.3) is 78.0 Å². The Morgan fingerprint density at radius 3 is 0.874 bits per heavy atom. The molecule has 0 radical (unpaired) electrons. The summed E-state index contributed by atoms with van der Waals surface area (Å²) >= 11 is 0. The van der Waals surface area contributed by atoms with Crippen LogP contribution in [0.3, 0.4) is 0 Å². The van der Waals surface area contributed by atoms with Crippen LogP contribution in [0.1, 0.15) is 105 Å². The van der Waals surface area contributed by atoms with Crippen LogP contribution >= 0.6 is 0 Å². The van der Waals surface area contributed by atoms with Gasteiger partial charge >= 0.3 is 0 Å². The molecular formula is C81H74BN5. The lowest BCUT2D eigenvalue weighted by atomic mass is 9.33. The van der Waals surface area contributed by atoms with E-state index in [9.17, 15) is 0 Å². The van der Waals surface area contributed by atoms with Crippen molar-refractivity contribution < 1.29 is 0 Å². The van der Waals surface area contributed by atoms with Crippen molar-refractivity contribution in [2.24, 2.45) is 0 Å². The zero-order chi connectivity index (χ0) is 60.3. The molecule has 3 heterocycles. The van der Waals surface area contributed by atoms with E-state index in [1.807, 2.05) is 0 Å². The number of anilines is 6. The normalized spacial score (nSPS) is 13.2. The van der Waals surface area contributed by atoms with Crippen molar-refractivity contribution in [1.82, 2.24) is 15.0 Å². The second-order valence-corrected chi connectivity index (χ2v) is 28.3. The predicted octanol–water partition coefficient (Wildman–Crippen LogP) is 19.8. The highest BCUT2D eigenvalue weighted by Crippen LogP contribution is 2.48. The average Bonchev–Trinajstić information content (AvgIpc) is 0.704. The number of fused-ring (bicyclic) bond motifs is 6. The summed E-state index contributed by atoms with van der Waals surface area (Å²) in [6.07, 6.45) is 0. The van der Waals surface area contributed by atoms with Crippen molar-refractivity contribution >= 4 is 78.8 Å².